The zero-order valence-electron chi connectivity index (χ0n) is 9.52. The fourth-order valence-electron chi connectivity index (χ4n) is 1.91. The van der Waals surface area contributed by atoms with Crippen LogP contribution in [-0.4, -0.2) is 38.0 Å². The summed E-state index contributed by atoms with van der Waals surface area (Å²) in [5, 5.41) is 0. The van der Waals surface area contributed by atoms with Gasteiger partial charge in [0.15, 0.2) is 0 Å². The van der Waals surface area contributed by atoms with E-state index in [2.05, 4.69) is 36.6 Å². The van der Waals surface area contributed by atoms with Gasteiger partial charge in [0.25, 0.3) is 0 Å². The Hall–Kier alpha value is -0.830. The van der Waals surface area contributed by atoms with Crippen molar-refractivity contribution in [1.82, 2.24) is 4.67 Å². The second-order valence-corrected chi connectivity index (χ2v) is 4.58. The van der Waals surface area contributed by atoms with Gasteiger partial charge in [-0.15, -0.1) is 0 Å². The first-order valence-corrected chi connectivity index (χ1v) is 5.95. The van der Waals surface area contributed by atoms with Gasteiger partial charge in [0.2, 0.25) is 0 Å². The third-order valence-electron chi connectivity index (χ3n) is 2.77. The predicted molar refractivity (Wildman–Crippen MR) is 70.6 cm³/mol. The van der Waals surface area contributed by atoms with E-state index in [1.807, 2.05) is 12.1 Å². The molecule has 1 aromatic rings. The van der Waals surface area contributed by atoms with E-state index in [1.165, 1.54) is 5.69 Å². The molecule has 1 fully saturated rings. The summed E-state index contributed by atoms with van der Waals surface area (Å²) < 4.78 is 2.27. The third-order valence-corrected chi connectivity index (χ3v) is 3.29. The van der Waals surface area contributed by atoms with Crippen molar-refractivity contribution < 1.29 is 4.84 Å². The summed E-state index contributed by atoms with van der Waals surface area (Å²) in [6, 6.07) is 8.23. The van der Waals surface area contributed by atoms with Gasteiger partial charge in [-0.2, -0.15) is 0 Å². The van der Waals surface area contributed by atoms with E-state index < -0.39 is 0 Å². The Morgan fingerprint density at radius 3 is 2.56 bits per heavy atom. The van der Waals surface area contributed by atoms with E-state index in [0.29, 0.717) is 0 Å². The molecule has 0 aliphatic carbocycles. The van der Waals surface area contributed by atoms with Crippen molar-refractivity contribution >= 4 is 20.8 Å². The minimum absolute atomic E-state index is 1.03. The molecule has 0 spiro atoms. The zero-order chi connectivity index (χ0) is 11.4. The number of nitrogens with one attached hydrogen (secondary N) is 1. The van der Waals surface area contributed by atoms with E-state index in [1.54, 1.807) is 7.11 Å². The number of anilines is 2. The molecule has 88 valence electrons. The van der Waals surface area contributed by atoms with Crippen LogP contribution in [-0.2, 0) is 4.84 Å². The molecule has 0 radical (unpaired) electrons. The maximum Gasteiger partial charge on any atom is 0.0837 e. The second kappa shape index (κ2) is 5.48. The zero-order valence-corrected chi connectivity index (χ0v) is 10.7. The van der Waals surface area contributed by atoms with Crippen molar-refractivity contribution in [2.24, 2.45) is 0 Å². The molecule has 5 heteroatoms. The molecule has 16 heavy (non-hydrogen) atoms. The molecule has 1 atom stereocenters. The van der Waals surface area contributed by atoms with Gasteiger partial charge in [0.05, 0.1) is 18.5 Å². The number of piperazine rings is 1. The van der Waals surface area contributed by atoms with Gasteiger partial charge in [0.1, 0.15) is 0 Å². The molecule has 1 N–H and O–H groups in total. The molecular weight excluding hydrogens is 221 g/mol. The van der Waals surface area contributed by atoms with Crippen molar-refractivity contribution in [3.05, 3.63) is 24.3 Å². The Labute approximate surface area is 98.8 Å². The van der Waals surface area contributed by atoms with Crippen LogP contribution in [0.4, 0.5) is 11.4 Å². The van der Waals surface area contributed by atoms with Crippen molar-refractivity contribution in [2.45, 2.75) is 0 Å². The average molecular weight is 239 g/mol. The predicted octanol–water partition coefficient (Wildman–Crippen LogP) is 1.57. The highest BCUT2D eigenvalue weighted by molar-refractivity contribution is 7.13. The smallest absolute Gasteiger partial charge is 0.0837 e. The van der Waals surface area contributed by atoms with Crippen molar-refractivity contribution in [1.29, 1.82) is 0 Å². The lowest BCUT2D eigenvalue weighted by molar-refractivity contribution is 0.271. The highest BCUT2D eigenvalue weighted by atomic mass is 31.0. The largest absolute Gasteiger partial charge is 0.367 e. The van der Waals surface area contributed by atoms with Gasteiger partial charge in [-0.3, -0.25) is 15.0 Å². The van der Waals surface area contributed by atoms with Gasteiger partial charge >= 0.3 is 0 Å². The quantitative estimate of drug-likeness (QED) is 0.640. The van der Waals surface area contributed by atoms with Gasteiger partial charge in [-0.25, -0.2) is 0 Å². The monoisotopic (exact) mass is 239 g/mol. The van der Waals surface area contributed by atoms with Gasteiger partial charge in [-0.05, 0) is 12.1 Å². The Kier molecular flexibility index (Phi) is 3.99. The van der Waals surface area contributed by atoms with Gasteiger partial charge in [-0.1, -0.05) is 21.5 Å². The molecule has 1 heterocycles. The third kappa shape index (κ3) is 2.64. The Bertz CT molecular complexity index is 340. The minimum Gasteiger partial charge on any atom is -0.367 e. The first kappa shape index (κ1) is 11.6. The molecule has 1 aromatic carbocycles. The molecule has 0 amide bonds. The van der Waals surface area contributed by atoms with Crippen LogP contribution in [0.2, 0.25) is 0 Å². The van der Waals surface area contributed by atoms with Gasteiger partial charge in [0, 0.05) is 26.2 Å². The lowest BCUT2D eigenvalue weighted by Gasteiger charge is -2.34. The van der Waals surface area contributed by atoms with Crippen molar-refractivity contribution in [3.8, 4) is 0 Å². The number of rotatable bonds is 3. The first-order chi connectivity index (χ1) is 7.81. The minimum atomic E-state index is 1.03. The molecule has 0 aromatic heterocycles. The number of benzene rings is 1. The van der Waals surface area contributed by atoms with Crippen LogP contribution in [0.3, 0.4) is 0 Å². The maximum atomic E-state index is 4.99. The lowest BCUT2D eigenvalue weighted by atomic mass is 10.2. The number of para-hydroxylation sites is 2. The normalized spacial score (nSPS) is 17.5. The number of hydrogen-bond donors (Lipinski definition) is 1. The molecular formula is C11H18N3OP. The van der Waals surface area contributed by atoms with Crippen LogP contribution in [0.5, 0.6) is 0 Å². The summed E-state index contributed by atoms with van der Waals surface area (Å²) in [7, 11) is 4.40. The Balaban J connectivity index is 2.13. The van der Waals surface area contributed by atoms with Crippen LogP contribution < -0.4 is 10.4 Å². The summed E-state index contributed by atoms with van der Waals surface area (Å²) in [6.45, 7) is 4.25. The molecule has 1 aliphatic heterocycles. The van der Waals surface area contributed by atoms with Crippen LogP contribution in [0.15, 0.2) is 24.3 Å². The van der Waals surface area contributed by atoms with E-state index in [-0.39, 0.29) is 0 Å². The molecule has 4 nitrogen and oxygen atoms in total. The summed E-state index contributed by atoms with van der Waals surface area (Å²) >= 11 is 0. The molecule has 0 bridgehead atoms. The number of hydrogen-bond acceptors (Lipinski definition) is 4. The Morgan fingerprint density at radius 1 is 1.19 bits per heavy atom. The van der Waals surface area contributed by atoms with E-state index >= 15 is 0 Å². The van der Waals surface area contributed by atoms with Crippen molar-refractivity contribution in [2.75, 3.05) is 43.7 Å². The second-order valence-electron chi connectivity index (χ2n) is 3.85. The topological polar surface area (TPSA) is 27.7 Å². The van der Waals surface area contributed by atoms with Crippen LogP contribution in [0.1, 0.15) is 0 Å². The SMILES string of the molecule is CONc1ccccc1N1CCN(P)CC1. The fourth-order valence-corrected chi connectivity index (χ4v) is 2.14. The van der Waals surface area contributed by atoms with Crippen LogP contribution in [0, 0.1) is 0 Å². The summed E-state index contributed by atoms with van der Waals surface area (Å²) in [4.78, 5) is 7.37. The van der Waals surface area contributed by atoms with Crippen LogP contribution >= 0.6 is 9.39 Å². The Morgan fingerprint density at radius 2 is 1.88 bits per heavy atom. The van der Waals surface area contributed by atoms with Crippen LogP contribution in [0.25, 0.3) is 0 Å². The molecule has 2 rings (SSSR count). The van der Waals surface area contributed by atoms with Gasteiger partial charge < -0.3 is 4.90 Å². The summed E-state index contributed by atoms with van der Waals surface area (Å²) in [5.74, 6) is 0. The number of nitrogens with zero attached hydrogens (tertiary/aromatic N) is 2. The van der Waals surface area contributed by atoms with Crippen molar-refractivity contribution in [3.63, 3.8) is 0 Å². The van der Waals surface area contributed by atoms with E-state index in [0.717, 1.165) is 31.9 Å². The molecule has 1 unspecified atom stereocenters. The summed E-state index contributed by atoms with van der Waals surface area (Å²) in [6.07, 6.45) is 0. The highest BCUT2D eigenvalue weighted by Crippen LogP contribution is 2.26. The highest BCUT2D eigenvalue weighted by Gasteiger charge is 2.16. The molecule has 1 saturated heterocycles. The fraction of sp³-hybridized carbons (Fsp3) is 0.455. The first-order valence-electron chi connectivity index (χ1n) is 5.44. The molecule has 0 saturated carbocycles. The standard InChI is InChI=1S/C11H18N3OP/c1-15-12-10-4-2-3-5-11(10)13-6-8-14(16)9-7-13/h2-5,12H,6-9,16H2,1H3. The van der Waals surface area contributed by atoms with E-state index in [9.17, 15) is 0 Å². The maximum absolute atomic E-state index is 4.99. The summed E-state index contributed by atoms with van der Waals surface area (Å²) in [5.41, 5.74) is 5.16. The average Bonchev–Trinajstić information content (AvgIpc) is 2.32. The lowest BCUT2D eigenvalue weighted by Crippen LogP contribution is -2.42. The van der Waals surface area contributed by atoms with E-state index in [4.69, 9.17) is 4.84 Å². The molecule has 1 aliphatic rings.